The summed E-state index contributed by atoms with van der Waals surface area (Å²) in [7, 11) is -3.75. The quantitative estimate of drug-likeness (QED) is 0.936. The third-order valence-electron chi connectivity index (χ3n) is 3.77. The van der Waals surface area contributed by atoms with E-state index < -0.39 is 21.9 Å². The van der Waals surface area contributed by atoms with Crippen molar-refractivity contribution < 1.29 is 18.3 Å². The van der Waals surface area contributed by atoms with Gasteiger partial charge in [0.25, 0.3) is 10.0 Å². The number of carbonyl (C=O) groups is 1. The van der Waals surface area contributed by atoms with E-state index in [9.17, 15) is 18.3 Å². The van der Waals surface area contributed by atoms with Crippen molar-refractivity contribution >= 4 is 27.8 Å². The highest BCUT2D eigenvalue weighted by atomic mass is 32.2. The van der Waals surface area contributed by atoms with E-state index in [4.69, 9.17) is 0 Å². The van der Waals surface area contributed by atoms with Gasteiger partial charge in [0.05, 0.1) is 17.6 Å². The van der Waals surface area contributed by atoms with Gasteiger partial charge in [0, 0.05) is 0 Å². The van der Waals surface area contributed by atoms with Crippen molar-refractivity contribution in [1.29, 1.82) is 0 Å². The van der Waals surface area contributed by atoms with E-state index in [1.807, 2.05) is 18.2 Å². The van der Waals surface area contributed by atoms with Crippen molar-refractivity contribution in [2.45, 2.75) is 5.92 Å². The zero-order valence-electron chi connectivity index (χ0n) is 12.2. The van der Waals surface area contributed by atoms with Gasteiger partial charge >= 0.3 is 5.97 Å². The van der Waals surface area contributed by atoms with Crippen molar-refractivity contribution in [3.8, 4) is 0 Å². The largest absolute Gasteiger partial charge is 0.481 e. The summed E-state index contributed by atoms with van der Waals surface area (Å²) in [4.78, 5) is 11.4. The number of benzene rings is 2. The lowest BCUT2D eigenvalue weighted by molar-refractivity contribution is -0.138. The molecule has 0 fully saturated rings. The van der Waals surface area contributed by atoms with E-state index in [1.165, 1.54) is 6.08 Å². The molecule has 1 heterocycles. The van der Waals surface area contributed by atoms with Crippen molar-refractivity contribution in [1.82, 2.24) is 0 Å². The molecule has 0 spiro atoms. The smallest absolute Gasteiger partial charge is 0.312 e. The highest BCUT2D eigenvalue weighted by Crippen LogP contribution is 2.38. The molecule has 0 amide bonds. The SMILES string of the molecule is O=C(O)C1CN(S(=O)(=O)C=Cc2ccccc2)c2ccccc21. The van der Waals surface area contributed by atoms with Crippen LogP contribution in [0.25, 0.3) is 6.08 Å². The molecule has 1 N–H and O–H groups in total. The van der Waals surface area contributed by atoms with Gasteiger partial charge in [0.2, 0.25) is 0 Å². The molecular formula is C17H15NO4S. The number of carboxylic acids is 1. The molecule has 1 unspecified atom stereocenters. The van der Waals surface area contributed by atoms with E-state index in [-0.39, 0.29) is 6.54 Å². The Morgan fingerprint density at radius 3 is 2.43 bits per heavy atom. The fourth-order valence-corrected chi connectivity index (χ4v) is 3.90. The summed E-state index contributed by atoms with van der Waals surface area (Å²) in [5.74, 6) is -1.87. The molecule has 1 aliphatic rings. The van der Waals surface area contributed by atoms with Gasteiger partial charge < -0.3 is 5.11 Å². The second-order valence-corrected chi connectivity index (χ2v) is 6.98. The molecular weight excluding hydrogens is 314 g/mol. The average molecular weight is 329 g/mol. The highest BCUT2D eigenvalue weighted by molar-refractivity contribution is 7.95. The number of rotatable bonds is 4. The van der Waals surface area contributed by atoms with Crippen LogP contribution >= 0.6 is 0 Å². The van der Waals surface area contributed by atoms with Crippen LogP contribution in [0, 0.1) is 0 Å². The normalized spacial score (nSPS) is 17.4. The average Bonchev–Trinajstić information content (AvgIpc) is 2.95. The first kappa shape index (κ1) is 15.3. The van der Waals surface area contributed by atoms with E-state index in [0.717, 1.165) is 15.3 Å². The van der Waals surface area contributed by atoms with Gasteiger partial charge in [-0.1, -0.05) is 48.5 Å². The summed E-state index contributed by atoms with van der Waals surface area (Å²) in [6, 6.07) is 15.8. The third kappa shape index (κ3) is 2.98. The number of nitrogens with zero attached hydrogens (tertiary/aromatic N) is 1. The van der Waals surface area contributed by atoms with Crippen molar-refractivity contribution in [2.24, 2.45) is 0 Å². The molecule has 0 bridgehead atoms. The molecule has 0 radical (unpaired) electrons. The Morgan fingerprint density at radius 1 is 1.09 bits per heavy atom. The minimum atomic E-state index is -3.75. The highest BCUT2D eigenvalue weighted by Gasteiger charge is 2.38. The van der Waals surface area contributed by atoms with Gasteiger partial charge in [-0.3, -0.25) is 9.10 Å². The van der Waals surface area contributed by atoms with Gasteiger partial charge in [0.15, 0.2) is 0 Å². The van der Waals surface area contributed by atoms with Gasteiger partial charge in [-0.25, -0.2) is 8.42 Å². The first-order chi connectivity index (χ1) is 11.0. The van der Waals surface area contributed by atoms with Crippen LogP contribution in [0.2, 0.25) is 0 Å². The zero-order valence-corrected chi connectivity index (χ0v) is 13.0. The Hall–Kier alpha value is -2.60. The number of sulfonamides is 1. The first-order valence-electron chi connectivity index (χ1n) is 7.06. The summed E-state index contributed by atoms with van der Waals surface area (Å²) in [5, 5.41) is 10.4. The molecule has 23 heavy (non-hydrogen) atoms. The molecule has 0 aliphatic carbocycles. The van der Waals surface area contributed by atoms with Gasteiger partial charge in [0.1, 0.15) is 5.92 Å². The molecule has 6 heteroatoms. The Balaban J connectivity index is 1.95. The lowest BCUT2D eigenvalue weighted by Crippen LogP contribution is -2.29. The Bertz CT molecular complexity index is 859. The third-order valence-corrected chi connectivity index (χ3v) is 5.21. The minimum absolute atomic E-state index is 0.0872. The molecule has 1 atom stereocenters. The maximum Gasteiger partial charge on any atom is 0.312 e. The predicted octanol–water partition coefficient (Wildman–Crippen LogP) is 2.68. The van der Waals surface area contributed by atoms with Gasteiger partial charge in [-0.05, 0) is 23.3 Å². The van der Waals surface area contributed by atoms with E-state index in [2.05, 4.69) is 0 Å². The molecule has 0 saturated carbocycles. The van der Waals surface area contributed by atoms with Crippen molar-refractivity contribution in [3.05, 3.63) is 71.1 Å². The lowest BCUT2D eigenvalue weighted by atomic mass is 10.0. The number of para-hydroxylation sites is 1. The van der Waals surface area contributed by atoms with Crippen LogP contribution in [0.5, 0.6) is 0 Å². The second-order valence-electron chi connectivity index (χ2n) is 5.24. The topological polar surface area (TPSA) is 74.7 Å². The molecule has 5 nitrogen and oxygen atoms in total. The fraction of sp³-hybridized carbons (Fsp3) is 0.118. The second kappa shape index (κ2) is 5.89. The maximum absolute atomic E-state index is 12.6. The van der Waals surface area contributed by atoms with E-state index in [1.54, 1.807) is 36.4 Å². The Morgan fingerprint density at radius 2 is 1.74 bits per heavy atom. The number of hydrogen-bond acceptors (Lipinski definition) is 3. The van der Waals surface area contributed by atoms with Crippen LogP contribution in [0.3, 0.4) is 0 Å². The lowest BCUT2D eigenvalue weighted by Gasteiger charge is -2.17. The molecule has 0 saturated heterocycles. The molecule has 3 rings (SSSR count). The van der Waals surface area contributed by atoms with Gasteiger partial charge in [-0.15, -0.1) is 0 Å². The number of carboxylic acid groups (broad SMARTS) is 1. The van der Waals surface area contributed by atoms with E-state index in [0.29, 0.717) is 11.3 Å². The van der Waals surface area contributed by atoms with Crippen LogP contribution < -0.4 is 4.31 Å². The maximum atomic E-state index is 12.6. The number of aliphatic carboxylic acids is 1. The van der Waals surface area contributed by atoms with Crippen LogP contribution in [0.1, 0.15) is 17.0 Å². The van der Waals surface area contributed by atoms with Crippen molar-refractivity contribution in [3.63, 3.8) is 0 Å². The number of anilines is 1. The summed E-state index contributed by atoms with van der Waals surface area (Å²) >= 11 is 0. The zero-order chi connectivity index (χ0) is 16.4. The summed E-state index contributed by atoms with van der Waals surface area (Å²) in [6.45, 7) is -0.0872. The molecule has 0 aromatic heterocycles. The van der Waals surface area contributed by atoms with Crippen LogP contribution in [0.4, 0.5) is 5.69 Å². The van der Waals surface area contributed by atoms with Crippen LogP contribution in [0.15, 0.2) is 60.0 Å². The summed E-state index contributed by atoms with van der Waals surface area (Å²) in [5.41, 5.74) is 1.72. The summed E-state index contributed by atoms with van der Waals surface area (Å²) < 4.78 is 26.3. The fourth-order valence-electron chi connectivity index (χ4n) is 2.63. The molecule has 118 valence electrons. The summed E-state index contributed by atoms with van der Waals surface area (Å²) in [6.07, 6.45) is 1.51. The first-order valence-corrected chi connectivity index (χ1v) is 8.57. The van der Waals surface area contributed by atoms with Gasteiger partial charge in [-0.2, -0.15) is 0 Å². The molecule has 2 aromatic rings. The van der Waals surface area contributed by atoms with Crippen LogP contribution in [-0.2, 0) is 14.8 Å². The Labute approximate surface area is 134 Å². The number of fused-ring (bicyclic) bond motifs is 1. The predicted molar refractivity (Wildman–Crippen MR) is 88.6 cm³/mol. The van der Waals surface area contributed by atoms with Crippen molar-refractivity contribution in [2.75, 3.05) is 10.8 Å². The van der Waals surface area contributed by atoms with E-state index >= 15 is 0 Å². The monoisotopic (exact) mass is 329 g/mol. The van der Waals surface area contributed by atoms with Crippen LogP contribution in [-0.4, -0.2) is 26.0 Å². The molecule has 2 aromatic carbocycles. The minimum Gasteiger partial charge on any atom is -0.481 e. The Kier molecular flexibility index (Phi) is 3.92. The standard InChI is InChI=1S/C17H15NO4S/c19-17(20)15-12-18(16-9-5-4-8-14(15)16)23(21,22)11-10-13-6-2-1-3-7-13/h1-11,15H,12H2,(H,19,20). The molecule has 1 aliphatic heterocycles. The number of hydrogen-bond donors (Lipinski definition) is 1.